The van der Waals surface area contributed by atoms with E-state index in [1.165, 1.54) is 0 Å². The Labute approximate surface area is 72.2 Å². The van der Waals surface area contributed by atoms with Gasteiger partial charge in [0.1, 0.15) is 5.72 Å². The molecule has 0 amide bonds. The lowest BCUT2D eigenvalue weighted by atomic mass is 9.89. The van der Waals surface area contributed by atoms with Crippen molar-refractivity contribution in [3.05, 3.63) is 12.3 Å². The van der Waals surface area contributed by atoms with Crippen molar-refractivity contribution >= 4 is 11.6 Å². The minimum atomic E-state index is -0.774. The van der Waals surface area contributed by atoms with Crippen LogP contribution in [-0.2, 0) is 0 Å². The van der Waals surface area contributed by atoms with Crippen LogP contribution in [0.3, 0.4) is 0 Å². The lowest BCUT2D eigenvalue weighted by molar-refractivity contribution is -0.0263. The molecule has 0 saturated carbocycles. The fourth-order valence-electron chi connectivity index (χ4n) is 1.34. The Kier molecular flexibility index (Phi) is 2.79. The second-order valence-corrected chi connectivity index (χ2v) is 3.48. The number of hydrogen-bond acceptors (Lipinski definition) is 2. The van der Waals surface area contributed by atoms with Crippen molar-refractivity contribution in [3.63, 3.8) is 0 Å². The number of alkyl halides is 1. The first-order valence-corrected chi connectivity index (χ1v) is 4.41. The van der Waals surface area contributed by atoms with Gasteiger partial charge in [-0.3, -0.25) is 0 Å². The Morgan fingerprint density at radius 3 is 3.09 bits per heavy atom. The zero-order chi connectivity index (χ0) is 8.32. The van der Waals surface area contributed by atoms with Gasteiger partial charge in [-0.05, 0) is 26.0 Å². The van der Waals surface area contributed by atoms with Gasteiger partial charge in [0.05, 0.1) is 0 Å². The Hall–Kier alpha value is -0.210. The highest BCUT2D eigenvalue weighted by atomic mass is 35.5. The lowest BCUT2D eigenvalue weighted by Crippen LogP contribution is -2.48. The maximum Gasteiger partial charge on any atom is 0.135 e. The summed E-state index contributed by atoms with van der Waals surface area (Å²) in [6.07, 6.45) is 5.58. The summed E-state index contributed by atoms with van der Waals surface area (Å²) in [5, 5.41) is 12.7. The van der Waals surface area contributed by atoms with Crippen molar-refractivity contribution in [1.82, 2.24) is 5.32 Å². The SMILES string of the molecule is CC1(O)NC=CCC1CCCl. The van der Waals surface area contributed by atoms with E-state index in [0.29, 0.717) is 5.88 Å². The summed E-state index contributed by atoms with van der Waals surface area (Å²) in [7, 11) is 0. The second kappa shape index (κ2) is 3.46. The van der Waals surface area contributed by atoms with Gasteiger partial charge in [-0.25, -0.2) is 0 Å². The van der Waals surface area contributed by atoms with E-state index in [-0.39, 0.29) is 5.92 Å². The van der Waals surface area contributed by atoms with Gasteiger partial charge in [0.2, 0.25) is 0 Å². The molecule has 2 unspecified atom stereocenters. The van der Waals surface area contributed by atoms with E-state index in [4.69, 9.17) is 11.6 Å². The van der Waals surface area contributed by atoms with Crippen LogP contribution in [0.1, 0.15) is 19.8 Å². The van der Waals surface area contributed by atoms with Crippen LogP contribution in [0, 0.1) is 5.92 Å². The molecule has 1 aliphatic heterocycles. The highest BCUT2D eigenvalue weighted by molar-refractivity contribution is 6.17. The molecule has 1 aliphatic rings. The standard InChI is InChI=1S/C8H14ClNO/c1-8(11)7(4-5-9)3-2-6-10-8/h2,6-7,10-11H,3-5H2,1H3. The van der Waals surface area contributed by atoms with Crippen LogP contribution in [-0.4, -0.2) is 16.7 Å². The lowest BCUT2D eigenvalue weighted by Gasteiger charge is -2.35. The Bertz CT molecular complexity index is 156. The summed E-state index contributed by atoms with van der Waals surface area (Å²) in [4.78, 5) is 0. The van der Waals surface area contributed by atoms with Crippen LogP contribution >= 0.6 is 11.6 Å². The zero-order valence-electron chi connectivity index (χ0n) is 6.68. The number of hydrogen-bond donors (Lipinski definition) is 2. The molecule has 11 heavy (non-hydrogen) atoms. The molecule has 0 bridgehead atoms. The Balaban J connectivity index is 2.55. The Morgan fingerprint density at radius 2 is 2.55 bits per heavy atom. The van der Waals surface area contributed by atoms with Gasteiger partial charge in [-0.1, -0.05) is 6.08 Å². The third-order valence-corrected chi connectivity index (χ3v) is 2.38. The van der Waals surface area contributed by atoms with Crippen molar-refractivity contribution in [2.75, 3.05) is 5.88 Å². The highest BCUT2D eigenvalue weighted by Gasteiger charge is 2.31. The zero-order valence-corrected chi connectivity index (χ0v) is 7.43. The minimum absolute atomic E-state index is 0.241. The minimum Gasteiger partial charge on any atom is -0.371 e. The maximum atomic E-state index is 9.74. The van der Waals surface area contributed by atoms with Crippen LogP contribution in [0.5, 0.6) is 0 Å². The summed E-state index contributed by atoms with van der Waals surface area (Å²) >= 11 is 5.60. The third-order valence-electron chi connectivity index (χ3n) is 2.17. The highest BCUT2D eigenvalue weighted by Crippen LogP contribution is 2.25. The molecule has 64 valence electrons. The van der Waals surface area contributed by atoms with Gasteiger partial charge in [0.15, 0.2) is 0 Å². The average Bonchev–Trinajstić information content (AvgIpc) is 1.94. The number of aliphatic hydroxyl groups is 1. The first-order valence-electron chi connectivity index (χ1n) is 3.88. The molecule has 0 spiro atoms. The molecule has 0 aromatic rings. The van der Waals surface area contributed by atoms with Crippen LogP contribution < -0.4 is 5.32 Å². The molecule has 1 rings (SSSR count). The van der Waals surface area contributed by atoms with Crippen molar-refractivity contribution < 1.29 is 5.11 Å². The molecule has 2 N–H and O–H groups in total. The first-order chi connectivity index (χ1) is 5.17. The topological polar surface area (TPSA) is 32.3 Å². The van der Waals surface area contributed by atoms with E-state index in [2.05, 4.69) is 5.32 Å². The normalized spacial score (nSPS) is 36.8. The number of allylic oxidation sites excluding steroid dienone is 1. The van der Waals surface area contributed by atoms with E-state index in [1.54, 1.807) is 13.1 Å². The molecular weight excluding hydrogens is 162 g/mol. The maximum absolute atomic E-state index is 9.74. The monoisotopic (exact) mass is 175 g/mol. The van der Waals surface area contributed by atoms with E-state index in [1.807, 2.05) is 6.08 Å². The van der Waals surface area contributed by atoms with E-state index in [9.17, 15) is 5.11 Å². The number of rotatable bonds is 2. The van der Waals surface area contributed by atoms with Crippen molar-refractivity contribution in [3.8, 4) is 0 Å². The fourth-order valence-corrected chi connectivity index (χ4v) is 1.60. The van der Waals surface area contributed by atoms with Crippen LogP contribution in [0.15, 0.2) is 12.3 Å². The van der Waals surface area contributed by atoms with Gasteiger partial charge in [-0.2, -0.15) is 0 Å². The Morgan fingerprint density at radius 1 is 1.82 bits per heavy atom. The van der Waals surface area contributed by atoms with Crippen molar-refractivity contribution in [1.29, 1.82) is 0 Å². The van der Waals surface area contributed by atoms with Crippen molar-refractivity contribution in [2.45, 2.75) is 25.5 Å². The molecule has 1 heterocycles. The molecule has 0 fully saturated rings. The first kappa shape index (κ1) is 8.88. The van der Waals surface area contributed by atoms with Crippen LogP contribution in [0.2, 0.25) is 0 Å². The summed E-state index contributed by atoms with van der Waals surface area (Å²) < 4.78 is 0. The summed E-state index contributed by atoms with van der Waals surface area (Å²) in [6, 6.07) is 0. The summed E-state index contributed by atoms with van der Waals surface area (Å²) in [6.45, 7) is 1.79. The number of halogens is 1. The molecule has 0 radical (unpaired) electrons. The fraction of sp³-hybridized carbons (Fsp3) is 0.750. The van der Waals surface area contributed by atoms with Gasteiger partial charge >= 0.3 is 0 Å². The van der Waals surface area contributed by atoms with E-state index in [0.717, 1.165) is 12.8 Å². The summed E-state index contributed by atoms with van der Waals surface area (Å²) in [5.74, 6) is 0.848. The molecule has 0 aromatic heterocycles. The number of nitrogens with one attached hydrogen (secondary N) is 1. The average molecular weight is 176 g/mol. The third kappa shape index (κ3) is 2.11. The molecule has 0 aromatic carbocycles. The van der Waals surface area contributed by atoms with E-state index >= 15 is 0 Å². The molecule has 2 nitrogen and oxygen atoms in total. The van der Waals surface area contributed by atoms with Gasteiger partial charge < -0.3 is 10.4 Å². The predicted octanol–water partition coefficient (Wildman–Crippen LogP) is 1.45. The predicted molar refractivity (Wildman–Crippen MR) is 46.3 cm³/mol. The van der Waals surface area contributed by atoms with Gasteiger partial charge in [-0.15, -0.1) is 11.6 Å². The van der Waals surface area contributed by atoms with Crippen LogP contribution in [0.25, 0.3) is 0 Å². The molecular formula is C8H14ClNO. The van der Waals surface area contributed by atoms with Crippen LogP contribution in [0.4, 0.5) is 0 Å². The molecule has 0 saturated heterocycles. The molecule has 2 atom stereocenters. The van der Waals surface area contributed by atoms with Gasteiger partial charge in [0, 0.05) is 11.8 Å². The van der Waals surface area contributed by atoms with Crippen molar-refractivity contribution in [2.24, 2.45) is 5.92 Å². The quantitative estimate of drug-likeness (QED) is 0.623. The summed E-state index contributed by atoms with van der Waals surface area (Å²) in [5.41, 5.74) is -0.774. The largest absolute Gasteiger partial charge is 0.371 e. The molecule has 0 aliphatic carbocycles. The second-order valence-electron chi connectivity index (χ2n) is 3.10. The smallest absolute Gasteiger partial charge is 0.135 e. The van der Waals surface area contributed by atoms with E-state index < -0.39 is 5.72 Å². The van der Waals surface area contributed by atoms with Gasteiger partial charge in [0.25, 0.3) is 0 Å². The molecule has 3 heteroatoms.